The van der Waals surface area contributed by atoms with Gasteiger partial charge in [-0.1, -0.05) is 35.9 Å². The van der Waals surface area contributed by atoms with Crippen LogP contribution in [-0.2, 0) is 13.1 Å². The van der Waals surface area contributed by atoms with Crippen LogP contribution in [0.4, 0.5) is 4.39 Å². The van der Waals surface area contributed by atoms with E-state index in [1.807, 2.05) is 6.07 Å². The van der Waals surface area contributed by atoms with Crippen LogP contribution < -0.4 is 11.2 Å². The molecule has 4 aromatic rings. The van der Waals surface area contributed by atoms with Gasteiger partial charge in [0.05, 0.1) is 18.6 Å². The van der Waals surface area contributed by atoms with Crippen molar-refractivity contribution in [2.24, 2.45) is 0 Å². The number of aromatic nitrogens is 3. The Balaban J connectivity index is 1.89. The van der Waals surface area contributed by atoms with Gasteiger partial charge >= 0.3 is 5.69 Å². The van der Waals surface area contributed by atoms with Gasteiger partial charge in [0.15, 0.2) is 5.52 Å². The molecular formula is C21H15ClFN3O2. The van der Waals surface area contributed by atoms with Gasteiger partial charge in [-0.15, -0.1) is 0 Å². The summed E-state index contributed by atoms with van der Waals surface area (Å²) in [5, 5.41) is 0.563. The van der Waals surface area contributed by atoms with Gasteiger partial charge in [-0.3, -0.25) is 13.9 Å². The molecule has 0 amide bonds. The average molecular weight is 396 g/mol. The van der Waals surface area contributed by atoms with E-state index in [4.69, 9.17) is 11.6 Å². The lowest BCUT2D eigenvalue weighted by molar-refractivity contribution is 0.619. The van der Waals surface area contributed by atoms with Crippen molar-refractivity contribution in [3.63, 3.8) is 0 Å². The summed E-state index contributed by atoms with van der Waals surface area (Å²) >= 11 is 6.06. The Hall–Kier alpha value is -3.25. The second-order valence-electron chi connectivity index (χ2n) is 6.39. The lowest BCUT2D eigenvalue weighted by atomic mass is 10.2. The Kier molecular flexibility index (Phi) is 4.79. The second-order valence-corrected chi connectivity index (χ2v) is 6.82. The van der Waals surface area contributed by atoms with Crippen LogP contribution in [0.1, 0.15) is 11.1 Å². The first-order chi connectivity index (χ1) is 13.5. The lowest BCUT2D eigenvalue weighted by Gasteiger charge is -2.14. The first kappa shape index (κ1) is 18.1. The molecule has 0 saturated heterocycles. The zero-order valence-corrected chi connectivity index (χ0v) is 15.4. The summed E-state index contributed by atoms with van der Waals surface area (Å²) in [6, 6.07) is 16.2. The average Bonchev–Trinajstić information content (AvgIpc) is 2.70. The number of fused-ring (bicyclic) bond motifs is 1. The molecule has 28 heavy (non-hydrogen) atoms. The Morgan fingerprint density at radius 2 is 1.64 bits per heavy atom. The van der Waals surface area contributed by atoms with Crippen LogP contribution in [0.15, 0.2) is 76.4 Å². The number of benzene rings is 2. The molecule has 2 heterocycles. The van der Waals surface area contributed by atoms with Gasteiger partial charge in [-0.2, -0.15) is 0 Å². The van der Waals surface area contributed by atoms with Crippen molar-refractivity contribution < 1.29 is 4.39 Å². The Bertz CT molecular complexity index is 1280. The van der Waals surface area contributed by atoms with Crippen LogP contribution in [0.3, 0.4) is 0 Å². The summed E-state index contributed by atoms with van der Waals surface area (Å²) in [6.07, 6.45) is 1.51. The summed E-state index contributed by atoms with van der Waals surface area (Å²) in [4.78, 5) is 30.2. The molecule has 0 unspecified atom stereocenters. The number of rotatable bonds is 4. The zero-order chi connectivity index (χ0) is 19.7. The Morgan fingerprint density at radius 3 is 2.39 bits per heavy atom. The van der Waals surface area contributed by atoms with Gasteiger partial charge < -0.3 is 0 Å². The minimum absolute atomic E-state index is 0.0278. The molecule has 2 aromatic heterocycles. The van der Waals surface area contributed by atoms with Crippen LogP contribution in [0, 0.1) is 5.82 Å². The molecule has 0 atom stereocenters. The maximum absolute atomic E-state index is 13.2. The molecule has 0 fully saturated rings. The van der Waals surface area contributed by atoms with Crippen LogP contribution in [0.25, 0.3) is 11.0 Å². The molecule has 4 rings (SSSR count). The summed E-state index contributed by atoms with van der Waals surface area (Å²) in [7, 11) is 0. The summed E-state index contributed by atoms with van der Waals surface area (Å²) in [6.45, 7) is 0.269. The smallest absolute Gasteiger partial charge is 0.287 e. The lowest BCUT2D eigenvalue weighted by Crippen LogP contribution is -2.40. The Morgan fingerprint density at radius 1 is 0.893 bits per heavy atom. The van der Waals surface area contributed by atoms with E-state index < -0.39 is 11.2 Å². The monoisotopic (exact) mass is 395 g/mol. The van der Waals surface area contributed by atoms with E-state index >= 15 is 0 Å². The van der Waals surface area contributed by atoms with Crippen molar-refractivity contribution in [1.82, 2.24) is 14.1 Å². The third kappa shape index (κ3) is 3.46. The minimum atomic E-state index is -0.479. The SMILES string of the molecule is O=c1c2ncccc2n(Cc2cccc(Cl)c2)c(=O)n1Cc1ccc(F)cc1. The van der Waals surface area contributed by atoms with Crippen molar-refractivity contribution in [3.05, 3.63) is 110 Å². The van der Waals surface area contributed by atoms with Gasteiger partial charge in [-0.25, -0.2) is 14.2 Å². The van der Waals surface area contributed by atoms with E-state index in [1.165, 1.54) is 22.9 Å². The topological polar surface area (TPSA) is 56.9 Å². The van der Waals surface area contributed by atoms with Gasteiger partial charge in [0.2, 0.25) is 0 Å². The van der Waals surface area contributed by atoms with Gasteiger partial charge in [0, 0.05) is 11.2 Å². The highest BCUT2D eigenvalue weighted by Crippen LogP contribution is 2.13. The predicted octanol–water partition coefficient (Wildman–Crippen LogP) is 3.45. The molecule has 5 nitrogen and oxygen atoms in total. The molecule has 7 heteroatoms. The molecule has 0 saturated carbocycles. The van der Waals surface area contributed by atoms with Crippen LogP contribution >= 0.6 is 11.6 Å². The fourth-order valence-electron chi connectivity index (χ4n) is 3.13. The van der Waals surface area contributed by atoms with Gasteiger partial charge in [0.1, 0.15) is 5.82 Å². The van der Waals surface area contributed by atoms with Crippen molar-refractivity contribution in [2.45, 2.75) is 13.1 Å². The molecule has 0 aliphatic carbocycles. The van der Waals surface area contributed by atoms with Gasteiger partial charge in [-0.05, 0) is 47.5 Å². The van der Waals surface area contributed by atoms with E-state index in [1.54, 1.807) is 42.5 Å². The highest BCUT2D eigenvalue weighted by molar-refractivity contribution is 6.30. The number of hydrogen-bond acceptors (Lipinski definition) is 3. The fourth-order valence-corrected chi connectivity index (χ4v) is 3.34. The molecular weight excluding hydrogens is 381 g/mol. The first-order valence-electron chi connectivity index (χ1n) is 8.60. The number of nitrogens with zero attached hydrogens (tertiary/aromatic N) is 3. The van der Waals surface area contributed by atoms with Gasteiger partial charge in [0.25, 0.3) is 5.56 Å². The number of halogens is 2. The molecule has 0 bridgehead atoms. The first-order valence-corrected chi connectivity index (χ1v) is 8.98. The number of hydrogen-bond donors (Lipinski definition) is 0. The molecule has 140 valence electrons. The van der Waals surface area contributed by atoms with E-state index in [-0.39, 0.29) is 24.4 Å². The summed E-state index contributed by atoms with van der Waals surface area (Å²) in [5.41, 5.74) is 1.18. The van der Waals surface area contributed by atoms with E-state index in [0.29, 0.717) is 16.1 Å². The van der Waals surface area contributed by atoms with Crippen molar-refractivity contribution >= 4 is 22.6 Å². The van der Waals surface area contributed by atoms with Crippen molar-refractivity contribution in [3.8, 4) is 0 Å². The molecule has 2 aromatic carbocycles. The molecule has 0 radical (unpaired) electrons. The highest BCUT2D eigenvalue weighted by Gasteiger charge is 2.14. The van der Waals surface area contributed by atoms with E-state index in [0.717, 1.165) is 10.1 Å². The van der Waals surface area contributed by atoms with Crippen LogP contribution in [0.2, 0.25) is 5.02 Å². The second kappa shape index (κ2) is 7.40. The van der Waals surface area contributed by atoms with E-state index in [2.05, 4.69) is 4.98 Å². The largest absolute Gasteiger partial charge is 0.332 e. The fraction of sp³-hybridized carbons (Fsp3) is 0.0952. The Labute approximate surface area is 164 Å². The third-order valence-electron chi connectivity index (χ3n) is 4.47. The van der Waals surface area contributed by atoms with Crippen LogP contribution in [-0.4, -0.2) is 14.1 Å². The molecule has 0 aliphatic heterocycles. The molecule has 0 spiro atoms. The zero-order valence-electron chi connectivity index (χ0n) is 14.7. The summed E-state index contributed by atoms with van der Waals surface area (Å²) < 4.78 is 15.8. The standard InChI is InChI=1S/C21H15ClFN3O2/c22-16-4-1-3-15(11-16)13-25-18-5-2-10-24-19(18)20(27)26(21(25)28)12-14-6-8-17(23)9-7-14/h1-11H,12-13H2. The molecule has 0 N–H and O–H groups in total. The highest BCUT2D eigenvalue weighted by atomic mass is 35.5. The van der Waals surface area contributed by atoms with E-state index in [9.17, 15) is 14.0 Å². The quantitative estimate of drug-likeness (QED) is 0.532. The molecule has 0 aliphatic rings. The van der Waals surface area contributed by atoms with Crippen molar-refractivity contribution in [1.29, 1.82) is 0 Å². The third-order valence-corrected chi connectivity index (χ3v) is 4.71. The van der Waals surface area contributed by atoms with Crippen LogP contribution in [0.5, 0.6) is 0 Å². The maximum Gasteiger partial charge on any atom is 0.332 e. The maximum atomic E-state index is 13.2. The minimum Gasteiger partial charge on any atom is -0.287 e. The van der Waals surface area contributed by atoms with Crippen molar-refractivity contribution in [2.75, 3.05) is 0 Å². The predicted molar refractivity (Wildman–Crippen MR) is 106 cm³/mol. The number of pyridine rings is 1. The summed E-state index contributed by atoms with van der Waals surface area (Å²) in [5.74, 6) is -0.380. The normalized spacial score (nSPS) is 11.1.